The molecule has 0 fully saturated rings. The average Bonchev–Trinajstić information content (AvgIpc) is 2.40. The highest BCUT2D eigenvalue weighted by Gasteiger charge is 2.06. The lowest BCUT2D eigenvalue weighted by Gasteiger charge is -2.03. The van der Waals surface area contributed by atoms with Crippen molar-refractivity contribution in [1.29, 1.82) is 0 Å². The summed E-state index contributed by atoms with van der Waals surface area (Å²) >= 11 is 0. The smallest absolute Gasteiger partial charge is 0.343 e. The summed E-state index contributed by atoms with van der Waals surface area (Å²) in [5.74, 6) is 2.61. The van der Waals surface area contributed by atoms with Crippen LogP contribution in [0.2, 0.25) is 0 Å². The minimum atomic E-state index is -0.376. The molecule has 0 atom stereocenters. The predicted octanol–water partition coefficient (Wildman–Crippen LogP) is 2.89. The zero-order valence-electron chi connectivity index (χ0n) is 9.09. The van der Waals surface area contributed by atoms with E-state index in [1.54, 1.807) is 48.5 Å². The van der Waals surface area contributed by atoms with Gasteiger partial charge in [0, 0.05) is 5.56 Å². The third-order valence-electron chi connectivity index (χ3n) is 2.24. The number of ether oxygens (including phenoxy) is 1. The van der Waals surface area contributed by atoms with Gasteiger partial charge in [-0.3, -0.25) is 0 Å². The molecule has 0 aliphatic carbocycles. The molecule has 0 bridgehead atoms. The van der Waals surface area contributed by atoms with Crippen LogP contribution in [-0.2, 0) is 0 Å². The van der Waals surface area contributed by atoms with Gasteiger partial charge < -0.3 is 4.74 Å². The fraction of sp³-hybridized carbons (Fsp3) is 0. The van der Waals surface area contributed by atoms with Gasteiger partial charge in [-0.25, -0.2) is 4.79 Å². The lowest BCUT2D eigenvalue weighted by atomic mass is 10.2. The fourth-order valence-corrected chi connectivity index (χ4v) is 1.36. The summed E-state index contributed by atoms with van der Waals surface area (Å²) < 4.78 is 5.19. The SMILES string of the molecule is C#Cc1ccc(OC(=O)c2ccccc2)cc1. The Kier molecular flexibility index (Phi) is 3.23. The Morgan fingerprint density at radius 3 is 2.24 bits per heavy atom. The first-order chi connectivity index (χ1) is 8.29. The number of carbonyl (C=O) groups is 1. The van der Waals surface area contributed by atoms with Crippen molar-refractivity contribution in [3.8, 4) is 18.1 Å². The van der Waals surface area contributed by atoms with Gasteiger partial charge >= 0.3 is 5.97 Å². The summed E-state index contributed by atoms with van der Waals surface area (Å²) in [5.41, 5.74) is 1.28. The molecule has 2 nitrogen and oxygen atoms in total. The summed E-state index contributed by atoms with van der Waals surface area (Å²) in [6, 6.07) is 15.7. The third-order valence-corrected chi connectivity index (χ3v) is 2.24. The summed E-state index contributed by atoms with van der Waals surface area (Å²) in [6.45, 7) is 0. The topological polar surface area (TPSA) is 26.3 Å². The van der Waals surface area contributed by atoms with E-state index in [-0.39, 0.29) is 5.97 Å². The zero-order valence-corrected chi connectivity index (χ0v) is 9.09. The minimum Gasteiger partial charge on any atom is -0.423 e. The van der Waals surface area contributed by atoms with Gasteiger partial charge in [0.2, 0.25) is 0 Å². The first-order valence-electron chi connectivity index (χ1n) is 5.13. The Bertz CT molecular complexity index is 548. The number of hydrogen-bond donors (Lipinski definition) is 0. The number of hydrogen-bond acceptors (Lipinski definition) is 2. The maximum Gasteiger partial charge on any atom is 0.343 e. The molecular weight excluding hydrogens is 212 g/mol. The molecule has 0 N–H and O–H groups in total. The maximum absolute atomic E-state index is 11.7. The van der Waals surface area contributed by atoms with Crippen molar-refractivity contribution in [2.75, 3.05) is 0 Å². The van der Waals surface area contributed by atoms with Gasteiger partial charge in [-0.2, -0.15) is 0 Å². The lowest BCUT2D eigenvalue weighted by molar-refractivity contribution is 0.0735. The molecule has 0 amide bonds. The van der Waals surface area contributed by atoms with E-state index in [0.717, 1.165) is 5.56 Å². The van der Waals surface area contributed by atoms with Crippen LogP contribution in [0.25, 0.3) is 0 Å². The van der Waals surface area contributed by atoms with Gasteiger partial charge in [0.1, 0.15) is 5.75 Å². The number of esters is 1. The molecule has 0 unspecified atom stereocenters. The van der Waals surface area contributed by atoms with Crippen molar-refractivity contribution < 1.29 is 9.53 Å². The van der Waals surface area contributed by atoms with Crippen molar-refractivity contribution in [3.63, 3.8) is 0 Å². The Hall–Kier alpha value is -2.53. The first-order valence-corrected chi connectivity index (χ1v) is 5.13. The summed E-state index contributed by atoms with van der Waals surface area (Å²) in [6.07, 6.45) is 5.23. The molecule has 2 aromatic rings. The molecule has 2 aromatic carbocycles. The van der Waals surface area contributed by atoms with E-state index in [1.165, 1.54) is 0 Å². The molecule has 0 aliphatic rings. The molecule has 0 aromatic heterocycles. The van der Waals surface area contributed by atoms with E-state index in [4.69, 9.17) is 11.2 Å². The zero-order chi connectivity index (χ0) is 12.1. The van der Waals surface area contributed by atoms with Crippen molar-refractivity contribution in [3.05, 3.63) is 65.7 Å². The van der Waals surface area contributed by atoms with E-state index < -0.39 is 0 Å². The van der Waals surface area contributed by atoms with Crippen molar-refractivity contribution >= 4 is 5.97 Å². The maximum atomic E-state index is 11.7. The molecular formula is C15H10O2. The highest BCUT2D eigenvalue weighted by molar-refractivity contribution is 5.90. The molecule has 0 radical (unpaired) electrons. The van der Waals surface area contributed by atoms with Gasteiger partial charge in [0.25, 0.3) is 0 Å². The van der Waals surface area contributed by atoms with Crippen LogP contribution in [0, 0.1) is 12.3 Å². The molecule has 0 saturated carbocycles. The molecule has 0 spiro atoms. The average molecular weight is 222 g/mol. The Morgan fingerprint density at radius 1 is 1.00 bits per heavy atom. The van der Waals surface area contributed by atoms with Crippen LogP contribution in [0.4, 0.5) is 0 Å². The molecule has 2 rings (SSSR count). The molecule has 17 heavy (non-hydrogen) atoms. The predicted molar refractivity (Wildman–Crippen MR) is 65.8 cm³/mol. The van der Waals surface area contributed by atoms with Crippen molar-refractivity contribution in [1.82, 2.24) is 0 Å². The molecule has 0 heterocycles. The summed E-state index contributed by atoms with van der Waals surface area (Å²) in [5, 5.41) is 0. The molecule has 2 heteroatoms. The van der Waals surface area contributed by atoms with E-state index in [1.807, 2.05) is 6.07 Å². The van der Waals surface area contributed by atoms with Crippen LogP contribution in [-0.4, -0.2) is 5.97 Å². The van der Waals surface area contributed by atoms with Crippen LogP contribution >= 0.6 is 0 Å². The first kappa shape index (κ1) is 11.0. The summed E-state index contributed by atoms with van der Waals surface area (Å²) in [4.78, 5) is 11.7. The Balaban J connectivity index is 2.11. The lowest BCUT2D eigenvalue weighted by Crippen LogP contribution is -2.07. The Morgan fingerprint density at radius 2 is 1.65 bits per heavy atom. The Labute approximate surface area is 99.9 Å². The third kappa shape index (κ3) is 2.73. The number of carbonyl (C=O) groups excluding carboxylic acids is 1. The number of rotatable bonds is 2. The second-order valence-electron chi connectivity index (χ2n) is 3.42. The van der Waals surface area contributed by atoms with Gasteiger partial charge in [0.15, 0.2) is 0 Å². The van der Waals surface area contributed by atoms with Crippen LogP contribution < -0.4 is 4.74 Å². The highest BCUT2D eigenvalue weighted by Crippen LogP contribution is 2.13. The molecule has 82 valence electrons. The van der Waals surface area contributed by atoms with Gasteiger partial charge in [-0.1, -0.05) is 24.1 Å². The minimum absolute atomic E-state index is 0.376. The van der Waals surface area contributed by atoms with E-state index >= 15 is 0 Å². The number of terminal acetylenes is 1. The van der Waals surface area contributed by atoms with E-state index in [9.17, 15) is 4.79 Å². The van der Waals surface area contributed by atoms with E-state index in [2.05, 4.69) is 5.92 Å². The summed E-state index contributed by atoms with van der Waals surface area (Å²) in [7, 11) is 0. The number of benzene rings is 2. The van der Waals surface area contributed by atoms with Crippen molar-refractivity contribution in [2.24, 2.45) is 0 Å². The highest BCUT2D eigenvalue weighted by atomic mass is 16.5. The van der Waals surface area contributed by atoms with Gasteiger partial charge in [-0.15, -0.1) is 6.42 Å². The molecule has 0 aliphatic heterocycles. The molecule has 0 saturated heterocycles. The van der Waals surface area contributed by atoms with Crippen LogP contribution in [0.3, 0.4) is 0 Å². The standard InChI is InChI=1S/C15H10O2/c1-2-12-8-10-14(11-9-12)17-15(16)13-6-4-3-5-7-13/h1,3-11H. The quantitative estimate of drug-likeness (QED) is 0.443. The van der Waals surface area contributed by atoms with Gasteiger partial charge in [0.05, 0.1) is 5.56 Å². The van der Waals surface area contributed by atoms with Crippen molar-refractivity contribution in [2.45, 2.75) is 0 Å². The fourth-order valence-electron chi connectivity index (χ4n) is 1.36. The van der Waals surface area contributed by atoms with Gasteiger partial charge in [-0.05, 0) is 36.4 Å². The normalized spacial score (nSPS) is 9.35. The van der Waals surface area contributed by atoms with Crippen LogP contribution in [0.1, 0.15) is 15.9 Å². The second kappa shape index (κ2) is 5.00. The second-order valence-corrected chi connectivity index (χ2v) is 3.42. The van der Waals surface area contributed by atoms with Crippen LogP contribution in [0.15, 0.2) is 54.6 Å². The largest absolute Gasteiger partial charge is 0.423 e. The van der Waals surface area contributed by atoms with E-state index in [0.29, 0.717) is 11.3 Å². The van der Waals surface area contributed by atoms with Crippen LogP contribution in [0.5, 0.6) is 5.75 Å². The monoisotopic (exact) mass is 222 g/mol.